The molecular formula is C15H30N2O2. The van der Waals surface area contributed by atoms with Gasteiger partial charge < -0.3 is 14.8 Å². The van der Waals surface area contributed by atoms with Gasteiger partial charge in [0, 0.05) is 37.2 Å². The van der Waals surface area contributed by atoms with Crippen molar-refractivity contribution in [2.75, 3.05) is 46.1 Å². The average molecular weight is 270 g/mol. The lowest BCUT2D eigenvalue weighted by atomic mass is 9.95. The molecule has 2 aliphatic heterocycles. The largest absolute Gasteiger partial charge is 0.381 e. The maximum atomic E-state index is 5.62. The van der Waals surface area contributed by atoms with Crippen LogP contribution < -0.4 is 5.32 Å². The molecule has 0 spiro atoms. The summed E-state index contributed by atoms with van der Waals surface area (Å²) in [4.78, 5) is 2.59. The maximum Gasteiger partial charge on any atom is 0.0645 e. The molecule has 2 fully saturated rings. The molecule has 1 N–H and O–H groups in total. The molecule has 2 aliphatic rings. The minimum absolute atomic E-state index is 0.157. The Kier molecular flexibility index (Phi) is 5.63. The van der Waals surface area contributed by atoms with Crippen molar-refractivity contribution in [3.63, 3.8) is 0 Å². The first kappa shape index (κ1) is 15.2. The first-order valence-electron chi connectivity index (χ1n) is 7.77. The van der Waals surface area contributed by atoms with Crippen LogP contribution in [0.4, 0.5) is 0 Å². The summed E-state index contributed by atoms with van der Waals surface area (Å²) in [6, 6.07) is 0.555. The molecule has 19 heavy (non-hydrogen) atoms. The zero-order valence-electron chi connectivity index (χ0n) is 12.8. The molecule has 112 valence electrons. The van der Waals surface area contributed by atoms with Gasteiger partial charge in [0.05, 0.1) is 19.8 Å². The number of rotatable bonds is 6. The fourth-order valence-corrected chi connectivity index (χ4v) is 3.05. The van der Waals surface area contributed by atoms with Gasteiger partial charge in [0.1, 0.15) is 0 Å². The lowest BCUT2D eigenvalue weighted by Gasteiger charge is -2.44. The van der Waals surface area contributed by atoms with Crippen molar-refractivity contribution in [1.29, 1.82) is 0 Å². The molecule has 0 aromatic heterocycles. The summed E-state index contributed by atoms with van der Waals surface area (Å²) in [7, 11) is 0. The van der Waals surface area contributed by atoms with Gasteiger partial charge in [-0.2, -0.15) is 0 Å². The van der Waals surface area contributed by atoms with E-state index in [1.54, 1.807) is 0 Å². The zero-order valence-corrected chi connectivity index (χ0v) is 12.8. The minimum Gasteiger partial charge on any atom is -0.381 e. The van der Waals surface area contributed by atoms with Gasteiger partial charge in [-0.15, -0.1) is 0 Å². The van der Waals surface area contributed by atoms with Gasteiger partial charge in [-0.25, -0.2) is 0 Å². The molecule has 0 radical (unpaired) electrons. The summed E-state index contributed by atoms with van der Waals surface area (Å²) in [5.74, 6) is 0.671. The highest BCUT2D eigenvalue weighted by Crippen LogP contribution is 2.23. The molecule has 0 amide bonds. The predicted octanol–water partition coefficient (Wildman–Crippen LogP) is 1.50. The standard InChI is InChI=1S/C15H30N2O2/c1-4-6-16-14(13-5-8-18-11-13)10-17-7-9-19-12-15(17,2)3/h13-14,16H,4-12H2,1-3H3. The van der Waals surface area contributed by atoms with Crippen molar-refractivity contribution in [3.05, 3.63) is 0 Å². The summed E-state index contributed by atoms with van der Waals surface area (Å²) in [5, 5.41) is 3.73. The molecule has 0 aromatic rings. The molecule has 0 aliphatic carbocycles. The van der Waals surface area contributed by atoms with Crippen LogP contribution in [0.15, 0.2) is 0 Å². The van der Waals surface area contributed by atoms with Crippen LogP contribution in [0.3, 0.4) is 0 Å². The summed E-state index contributed by atoms with van der Waals surface area (Å²) in [6.45, 7) is 13.6. The van der Waals surface area contributed by atoms with Crippen molar-refractivity contribution in [2.24, 2.45) is 5.92 Å². The Hall–Kier alpha value is -0.160. The monoisotopic (exact) mass is 270 g/mol. The first-order valence-corrected chi connectivity index (χ1v) is 7.77. The molecule has 0 bridgehead atoms. The molecule has 2 saturated heterocycles. The quantitative estimate of drug-likeness (QED) is 0.793. The van der Waals surface area contributed by atoms with E-state index in [4.69, 9.17) is 9.47 Å². The van der Waals surface area contributed by atoms with E-state index in [0.717, 1.165) is 46.1 Å². The van der Waals surface area contributed by atoms with Gasteiger partial charge in [0.2, 0.25) is 0 Å². The summed E-state index contributed by atoms with van der Waals surface area (Å²) in [6.07, 6.45) is 2.39. The van der Waals surface area contributed by atoms with Crippen LogP contribution in [0.2, 0.25) is 0 Å². The van der Waals surface area contributed by atoms with E-state index in [1.807, 2.05) is 0 Å². The molecule has 0 aromatic carbocycles. The molecule has 0 saturated carbocycles. The Morgan fingerprint density at radius 1 is 1.32 bits per heavy atom. The highest BCUT2D eigenvalue weighted by Gasteiger charge is 2.34. The summed E-state index contributed by atoms with van der Waals surface area (Å²) in [5.41, 5.74) is 0.157. The smallest absolute Gasteiger partial charge is 0.0645 e. The van der Waals surface area contributed by atoms with Crippen molar-refractivity contribution >= 4 is 0 Å². The number of morpholine rings is 1. The van der Waals surface area contributed by atoms with Crippen LogP contribution in [0.25, 0.3) is 0 Å². The van der Waals surface area contributed by atoms with Gasteiger partial charge in [-0.1, -0.05) is 6.92 Å². The topological polar surface area (TPSA) is 33.7 Å². The number of nitrogens with zero attached hydrogens (tertiary/aromatic N) is 1. The molecule has 2 heterocycles. The van der Waals surface area contributed by atoms with Crippen LogP contribution in [-0.4, -0.2) is 62.5 Å². The van der Waals surface area contributed by atoms with Crippen LogP contribution in [0.5, 0.6) is 0 Å². The molecule has 4 heteroatoms. The number of hydrogen-bond donors (Lipinski definition) is 1. The normalized spacial score (nSPS) is 29.5. The van der Waals surface area contributed by atoms with Crippen molar-refractivity contribution in [2.45, 2.75) is 45.2 Å². The lowest BCUT2D eigenvalue weighted by molar-refractivity contribution is -0.0569. The summed E-state index contributed by atoms with van der Waals surface area (Å²) >= 11 is 0. The third-order valence-electron chi connectivity index (χ3n) is 4.42. The van der Waals surface area contributed by atoms with Crippen LogP contribution >= 0.6 is 0 Å². The van der Waals surface area contributed by atoms with Crippen LogP contribution in [0, 0.1) is 5.92 Å². The zero-order chi connectivity index (χ0) is 13.7. The fourth-order valence-electron chi connectivity index (χ4n) is 3.05. The number of hydrogen-bond acceptors (Lipinski definition) is 4. The van der Waals surface area contributed by atoms with Crippen LogP contribution in [0.1, 0.15) is 33.6 Å². The van der Waals surface area contributed by atoms with E-state index < -0.39 is 0 Å². The minimum atomic E-state index is 0.157. The molecular weight excluding hydrogens is 240 g/mol. The molecule has 4 nitrogen and oxygen atoms in total. The Balaban J connectivity index is 1.93. The fraction of sp³-hybridized carbons (Fsp3) is 1.00. The van der Waals surface area contributed by atoms with Gasteiger partial charge in [0.25, 0.3) is 0 Å². The van der Waals surface area contributed by atoms with Gasteiger partial charge in [0.15, 0.2) is 0 Å². The van der Waals surface area contributed by atoms with Gasteiger partial charge in [-0.3, -0.25) is 4.90 Å². The van der Waals surface area contributed by atoms with E-state index in [-0.39, 0.29) is 5.54 Å². The molecule has 2 rings (SSSR count). The second kappa shape index (κ2) is 7.02. The Morgan fingerprint density at radius 3 is 2.79 bits per heavy atom. The highest BCUT2D eigenvalue weighted by atomic mass is 16.5. The Bertz CT molecular complexity index is 265. The Labute approximate surface area is 117 Å². The van der Waals surface area contributed by atoms with Crippen LogP contribution in [-0.2, 0) is 9.47 Å². The second-order valence-electron chi connectivity index (χ2n) is 6.50. The average Bonchev–Trinajstić information content (AvgIpc) is 2.90. The number of ether oxygens (including phenoxy) is 2. The van der Waals surface area contributed by atoms with E-state index >= 15 is 0 Å². The third kappa shape index (κ3) is 4.15. The lowest BCUT2D eigenvalue weighted by Crippen LogP contribution is -2.58. The van der Waals surface area contributed by atoms with Crippen molar-refractivity contribution in [3.8, 4) is 0 Å². The van der Waals surface area contributed by atoms with E-state index in [0.29, 0.717) is 12.0 Å². The van der Waals surface area contributed by atoms with Gasteiger partial charge >= 0.3 is 0 Å². The van der Waals surface area contributed by atoms with Gasteiger partial charge in [-0.05, 0) is 33.2 Å². The van der Waals surface area contributed by atoms with E-state index in [9.17, 15) is 0 Å². The predicted molar refractivity (Wildman–Crippen MR) is 77.5 cm³/mol. The third-order valence-corrected chi connectivity index (χ3v) is 4.42. The number of nitrogens with one attached hydrogen (secondary N) is 1. The Morgan fingerprint density at radius 2 is 2.16 bits per heavy atom. The van der Waals surface area contributed by atoms with Crippen molar-refractivity contribution < 1.29 is 9.47 Å². The molecule has 2 unspecified atom stereocenters. The van der Waals surface area contributed by atoms with E-state index in [1.165, 1.54) is 12.8 Å². The first-order chi connectivity index (χ1) is 9.13. The SMILES string of the molecule is CCCNC(CN1CCOCC1(C)C)C1CCOC1. The maximum absolute atomic E-state index is 5.62. The highest BCUT2D eigenvalue weighted by molar-refractivity contribution is 4.90. The van der Waals surface area contributed by atoms with E-state index in [2.05, 4.69) is 31.0 Å². The second-order valence-corrected chi connectivity index (χ2v) is 6.50. The summed E-state index contributed by atoms with van der Waals surface area (Å²) < 4.78 is 11.2. The van der Waals surface area contributed by atoms with Crippen molar-refractivity contribution in [1.82, 2.24) is 10.2 Å². The molecule has 2 atom stereocenters.